The predicted molar refractivity (Wildman–Crippen MR) is 63.6 cm³/mol. The zero-order valence-electron chi connectivity index (χ0n) is 7.86. The largest absolute Gasteiger partial charge is 0.298 e. The number of hydrogen-bond acceptors (Lipinski definition) is 3. The van der Waals surface area contributed by atoms with Gasteiger partial charge in [-0.25, -0.2) is 0 Å². The molecule has 0 radical (unpaired) electrons. The molecule has 0 spiro atoms. The Bertz CT molecular complexity index is 254. The van der Waals surface area contributed by atoms with Crippen LogP contribution in [-0.2, 0) is 6.54 Å². The van der Waals surface area contributed by atoms with Crippen LogP contribution in [0.25, 0.3) is 0 Å². The van der Waals surface area contributed by atoms with Crippen LogP contribution >= 0.6 is 24.0 Å². The Hall–Kier alpha value is -0.250. The van der Waals surface area contributed by atoms with Crippen molar-refractivity contribution in [2.45, 2.75) is 6.54 Å². The predicted octanol–water partition coefficient (Wildman–Crippen LogP) is 2.67. The molecule has 1 aromatic heterocycles. The Morgan fingerprint density at radius 2 is 2.46 bits per heavy atom. The second kappa shape index (κ2) is 5.47. The van der Waals surface area contributed by atoms with E-state index >= 15 is 0 Å². The van der Waals surface area contributed by atoms with Crippen molar-refractivity contribution in [1.29, 1.82) is 0 Å². The van der Waals surface area contributed by atoms with Gasteiger partial charge in [-0.05, 0) is 29.4 Å². The van der Waals surface area contributed by atoms with Gasteiger partial charge in [-0.1, -0.05) is 12.2 Å². The number of nitrogens with zero attached hydrogens (tertiary/aromatic N) is 1. The first-order valence-corrected chi connectivity index (χ1v) is 5.77. The number of hydrogen-bond donors (Lipinski definition) is 1. The molecule has 0 atom stereocenters. The van der Waals surface area contributed by atoms with Gasteiger partial charge in [0.1, 0.15) is 0 Å². The summed E-state index contributed by atoms with van der Waals surface area (Å²) in [5.41, 5.74) is 2.54. The lowest BCUT2D eigenvalue weighted by Crippen LogP contribution is -2.20. The molecular formula is C10H15NS2. The van der Waals surface area contributed by atoms with Crippen LogP contribution in [0.15, 0.2) is 29.0 Å². The van der Waals surface area contributed by atoms with E-state index in [1.54, 1.807) is 11.3 Å². The van der Waals surface area contributed by atoms with E-state index in [0.29, 0.717) is 0 Å². The van der Waals surface area contributed by atoms with Gasteiger partial charge >= 0.3 is 0 Å². The fourth-order valence-corrected chi connectivity index (χ4v) is 1.94. The molecule has 0 N–H and O–H groups in total. The van der Waals surface area contributed by atoms with Crippen LogP contribution in [0.2, 0.25) is 0 Å². The Morgan fingerprint density at radius 1 is 1.69 bits per heavy atom. The molecule has 1 aromatic rings. The molecule has 0 unspecified atom stereocenters. The molecule has 0 bridgehead atoms. The summed E-state index contributed by atoms with van der Waals surface area (Å²) in [6.07, 6.45) is 0. The molecule has 1 heterocycles. The summed E-state index contributed by atoms with van der Waals surface area (Å²) in [5.74, 6) is 0.772. The summed E-state index contributed by atoms with van der Waals surface area (Å²) < 4.78 is 0. The first kappa shape index (κ1) is 10.8. The molecule has 3 heteroatoms. The third-order valence-corrected chi connectivity index (χ3v) is 2.93. The van der Waals surface area contributed by atoms with Gasteiger partial charge in [0.05, 0.1) is 0 Å². The Labute approximate surface area is 89.5 Å². The third kappa shape index (κ3) is 3.98. The van der Waals surface area contributed by atoms with E-state index in [4.69, 9.17) is 0 Å². The lowest BCUT2D eigenvalue weighted by Gasteiger charge is -2.16. The maximum Gasteiger partial charge on any atom is 0.0242 e. The van der Waals surface area contributed by atoms with E-state index in [9.17, 15) is 0 Å². The lowest BCUT2D eigenvalue weighted by atomic mass is 10.3. The van der Waals surface area contributed by atoms with Crippen molar-refractivity contribution in [1.82, 2.24) is 4.90 Å². The highest BCUT2D eigenvalue weighted by molar-refractivity contribution is 7.80. The normalized spacial score (nSPS) is 10.7. The summed E-state index contributed by atoms with van der Waals surface area (Å²) in [6, 6.07) is 2.16. The van der Waals surface area contributed by atoms with E-state index in [1.165, 1.54) is 11.1 Å². The molecule has 1 rings (SSSR count). The van der Waals surface area contributed by atoms with Gasteiger partial charge in [0.2, 0.25) is 0 Å². The zero-order valence-corrected chi connectivity index (χ0v) is 9.57. The van der Waals surface area contributed by atoms with Crippen molar-refractivity contribution in [3.63, 3.8) is 0 Å². The molecule has 0 aliphatic rings. The van der Waals surface area contributed by atoms with Crippen LogP contribution in [0.4, 0.5) is 0 Å². The number of thiol groups is 1. The van der Waals surface area contributed by atoms with E-state index in [1.807, 2.05) is 0 Å². The molecule has 0 fully saturated rings. The Kier molecular flexibility index (Phi) is 4.56. The molecule has 0 aliphatic carbocycles. The summed E-state index contributed by atoms with van der Waals surface area (Å²) >= 11 is 5.92. The van der Waals surface area contributed by atoms with Crippen molar-refractivity contribution in [2.75, 3.05) is 19.3 Å². The van der Waals surface area contributed by atoms with Crippen LogP contribution in [0.1, 0.15) is 5.56 Å². The van der Waals surface area contributed by atoms with Gasteiger partial charge in [-0.15, -0.1) is 0 Å². The van der Waals surface area contributed by atoms with E-state index in [0.717, 1.165) is 18.8 Å². The average Bonchev–Trinajstić information content (AvgIpc) is 2.56. The smallest absolute Gasteiger partial charge is 0.0242 e. The highest BCUT2D eigenvalue weighted by atomic mass is 32.1. The van der Waals surface area contributed by atoms with Gasteiger partial charge in [-0.3, -0.25) is 4.90 Å². The molecule has 1 nitrogen and oxygen atoms in total. The van der Waals surface area contributed by atoms with Crippen LogP contribution in [-0.4, -0.2) is 24.2 Å². The minimum atomic E-state index is 0.772. The second-order valence-electron chi connectivity index (χ2n) is 3.21. The van der Waals surface area contributed by atoms with Gasteiger partial charge in [0, 0.05) is 18.8 Å². The first-order chi connectivity index (χ1) is 6.22. The zero-order chi connectivity index (χ0) is 9.68. The molecule has 13 heavy (non-hydrogen) atoms. The maximum atomic E-state index is 4.18. The number of likely N-dealkylation sites (N-methyl/N-ethyl adjacent to an activating group) is 1. The number of thiophene rings is 1. The molecule has 0 saturated carbocycles. The van der Waals surface area contributed by atoms with Crippen molar-refractivity contribution in [2.24, 2.45) is 0 Å². The second-order valence-corrected chi connectivity index (χ2v) is 4.31. The Morgan fingerprint density at radius 3 is 3.00 bits per heavy atom. The van der Waals surface area contributed by atoms with Crippen molar-refractivity contribution in [3.8, 4) is 0 Å². The SMILES string of the molecule is C=C(CS)CN(C)Cc1ccsc1. The summed E-state index contributed by atoms with van der Waals surface area (Å²) in [6.45, 7) is 5.85. The minimum absolute atomic E-state index is 0.772. The van der Waals surface area contributed by atoms with Crippen LogP contribution in [0, 0.1) is 0 Å². The maximum absolute atomic E-state index is 4.18. The highest BCUT2D eigenvalue weighted by Crippen LogP contribution is 2.09. The van der Waals surface area contributed by atoms with Gasteiger partial charge in [-0.2, -0.15) is 24.0 Å². The van der Waals surface area contributed by atoms with Crippen molar-refractivity contribution >= 4 is 24.0 Å². The quantitative estimate of drug-likeness (QED) is 0.581. The van der Waals surface area contributed by atoms with E-state index in [2.05, 4.69) is 48.0 Å². The van der Waals surface area contributed by atoms with E-state index in [-0.39, 0.29) is 0 Å². The summed E-state index contributed by atoms with van der Waals surface area (Å²) in [7, 11) is 2.10. The van der Waals surface area contributed by atoms with Crippen molar-refractivity contribution in [3.05, 3.63) is 34.5 Å². The fourth-order valence-electron chi connectivity index (χ4n) is 1.18. The van der Waals surface area contributed by atoms with Crippen LogP contribution < -0.4 is 0 Å². The molecular weight excluding hydrogens is 198 g/mol. The van der Waals surface area contributed by atoms with Crippen LogP contribution in [0.5, 0.6) is 0 Å². The topological polar surface area (TPSA) is 3.24 Å². The number of rotatable bonds is 5. The van der Waals surface area contributed by atoms with Crippen molar-refractivity contribution < 1.29 is 0 Å². The standard InChI is InChI=1S/C10H15NS2/c1-9(7-12)5-11(2)6-10-3-4-13-8-10/h3-4,8,12H,1,5-7H2,2H3. The van der Waals surface area contributed by atoms with Crippen LogP contribution in [0.3, 0.4) is 0 Å². The van der Waals surface area contributed by atoms with Gasteiger partial charge in [0.15, 0.2) is 0 Å². The fraction of sp³-hybridized carbons (Fsp3) is 0.400. The van der Waals surface area contributed by atoms with Gasteiger partial charge < -0.3 is 0 Å². The molecule has 0 saturated heterocycles. The third-order valence-electron chi connectivity index (χ3n) is 1.75. The molecule has 0 aromatic carbocycles. The average molecular weight is 213 g/mol. The lowest BCUT2D eigenvalue weighted by molar-refractivity contribution is 0.356. The van der Waals surface area contributed by atoms with Gasteiger partial charge in [0.25, 0.3) is 0 Å². The molecule has 0 amide bonds. The van der Waals surface area contributed by atoms with E-state index < -0.39 is 0 Å². The molecule has 0 aliphatic heterocycles. The first-order valence-electron chi connectivity index (χ1n) is 4.19. The highest BCUT2D eigenvalue weighted by Gasteiger charge is 2.01. The molecule has 72 valence electrons. The summed E-state index contributed by atoms with van der Waals surface area (Å²) in [5, 5.41) is 4.29. The Balaban J connectivity index is 2.33. The monoisotopic (exact) mass is 213 g/mol. The minimum Gasteiger partial charge on any atom is -0.298 e. The summed E-state index contributed by atoms with van der Waals surface area (Å²) in [4.78, 5) is 2.25.